The summed E-state index contributed by atoms with van der Waals surface area (Å²) in [5.74, 6) is 1.53. The molecule has 0 saturated heterocycles. The van der Waals surface area contributed by atoms with Gasteiger partial charge < -0.3 is 19.2 Å². The van der Waals surface area contributed by atoms with E-state index in [1.807, 2.05) is 36.4 Å². The lowest BCUT2D eigenvalue weighted by atomic mass is 10.1. The SMILES string of the molecule is CC(C)CCN(Cc1ccco1)C(=O)Nc1cn(CC(C)C)c(=O)c2ccccc12. The number of nitrogens with zero attached hydrogens (tertiary/aromatic N) is 2. The summed E-state index contributed by atoms with van der Waals surface area (Å²) in [6.07, 6.45) is 4.26. The maximum atomic E-state index is 13.2. The van der Waals surface area contributed by atoms with Crippen LogP contribution >= 0.6 is 0 Å². The van der Waals surface area contributed by atoms with E-state index in [0.29, 0.717) is 42.5 Å². The molecule has 30 heavy (non-hydrogen) atoms. The van der Waals surface area contributed by atoms with Crippen LogP contribution in [0.4, 0.5) is 10.5 Å². The minimum absolute atomic E-state index is 0.0375. The van der Waals surface area contributed by atoms with E-state index in [9.17, 15) is 9.59 Å². The molecule has 1 N–H and O–H groups in total. The number of hydrogen-bond donors (Lipinski definition) is 1. The highest BCUT2D eigenvalue weighted by atomic mass is 16.3. The zero-order valence-electron chi connectivity index (χ0n) is 18.2. The van der Waals surface area contributed by atoms with E-state index in [1.165, 1.54) is 0 Å². The Bertz CT molecular complexity index is 1040. The molecule has 0 fully saturated rings. The van der Waals surface area contributed by atoms with Crippen molar-refractivity contribution in [2.45, 2.75) is 47.2 Å². The Hall–Kier alpha value is -3.02. The van der Waals surface area contributed by atoms with E-state index in [-0.39, 0.29) is 11.6 Å². The summed E-state index contributed by atoms with van der Waals surface area (Å²) >= 11 is 0. The van der Waals surface area contributed by atoms with Crippen molar-refractivity contribution in [3.8, 4) is 0 Å². The molecular formula is C24H31N3O3. The average Bonchev–Trinajstić information content (AvgIpc) is 3.21. The van der Waals surface area contributed by atoms with Crippen LogP contribution in [0.15, 0.2) is 58.1 Å². The predicted octanol–water partition coefficient (Wildman–Crippen LogP) is 5.33. The Morgan fingerprint density at radius 3 is 2.43 bits per heavy atom. The van der Waals surface area contributed by atoms with Crippen molar-refractivity contribution < 1.29 is 9.21 Å². The molecule has 0 radical (unpaired) electrons. The number of nitrogens with one attached hydrogen (secondary N) is 1. The third kappa shape index (κ3) is 5.32. The Kier molecular flexibility index (Phi) is 6.98. The van der Waals surface area contributed by atoms with Crippen molar-refractivity contribution in [3.63, 3.8) is 0 Å². The van der Waals surface area contributed by atoms with Crippen LogP contribution in [0.1, 0.15) is 39.9 Å². The number of carbonyl (C=O) groups is 1. The van der Waals surface area contributed by atoms with Crippen LogP contribution in [0.25, 0.3) is 10.8 Å². The number of carbonyl (C=O) groups excluding carboxylic acids is 1. The molecule has 0 spiro atoms. The third-order valence-corrected chi connectivity index (χ3v) is 4.99. The van der Waals surface area contributed by atoms with Gasteiger partial charge in [-0.25, -0.2) is 4.79 Å². The number of aromatic nitrogens is 1. The first-order chi connectivity index (χ1) is 14.3. The van der Waals surface area contributed by atoms with Crippen molar-refractivity contribution in [3.05, 3.63) is 65.0 Å². The lowest BCUT2D eigenvalue weighted by Crippen LogP contribution is -2.36. The van der Waals surface area contributed by atoms with E-state index in [4.69, 9.17) is 4.42 Å². The Morgan fingerprint density at radius 1 is 1.07 bits per heavy atom. The molecule has 0 unspecified atom stereocenters. The van der Waals surface area contributed by atoms with Crippen molar-refractivity contribution in [1.82, 2.24) is 9.47 Å². The Balaban J connectivity index is 1.92. The van der Waals surface area contributed by atoms with Gasteiger partial charge in [0, 0.05) is 30.1 Å². The van der Waals surface area contributed by atoms with Gasteiger partial charge in [0.2, 0.25) is 0 Å². The highest BCUT2D eigenvalue weighted by molar-refractivity contribution is 6.00. The molecule has 6 nitrogen and oxygen atoms in total. The standard InChI is InChI=1S/C24H31N3O3/c1-17(2)11-12-26(15-19-8-7-13-30-19)24(29)25-22-16-27(14-18(3)4)23(28)21-10-6-5-9-20(21)22/h5-10,13,16-18H,11-12,14-15H2,1-4H3,(H,25,29). The second kappa shape index (κ2) is 9.65. The molecule has 3 rings (SSSR count). The smallest absolute Gasteiger partial charge is 0.322 e. The highest BCUT2D eigenvalue weighted by Crippen LogP contribution is 2.22. The molecule has 2 aromatic heterocycles. The molecule has 6 heteroatoms. The fraction of sp³-hybridized carbons (Fsp3) is 0.417. The average molecular weight is 410 g/mol. The number of urea groups is 1. The molecular weight excluding hydrogens is 378 g/mol. The fourth-order valence-electron chi connectivity index (χ4n) is 3.42. The second-order valence-corrected chi connectivity index (χ2v) is 8.55. The first kappa shape index (κ1) is 21.7. The molecule has 160 valence electrons. The van der Waals surface area contributed by atoms with E-state index in [1.54, 1.807) is 21.9 Å². The van der Waals surface area contributed by atoms with Crippen LogP contribution in [-0.4, -0.2) is 22.0 Å². The van der Waals surface area contributed by atoms with E-state index < -0.39 is 0 Å². The molecule has 0 aliphatic heterocycles. The van der Waals surface area contributed by atoms with Crippen LogP contribution in [0, 0.1) is 11.8 Å². The molecule has 0 aliphatic rings. The molecule has 0 atom stereocenters. The quantitative estimate of drug-likeness (QED) is 0.547. The van der Waals surface area contributed by atoms with Gasteiger partial charge >= 0.3 is 6.03 Å². The number of hydrogen-bond acceptors (Lipinski definition) is 3. The number of benzene rings is 1. The molecule has 0 saturated carbocycles. The molecule has 1 aromatic carbocycles. The summed E-state index contributed by atoms with van der Waals surface area (Å²) in [4.78, 5) is 27.8. The summed E-state index contributed by atoms with van der Waals surface area (Å²) in [5.41, 5.74) is 0.606. The molecule has 0 bridgehead atoms. The normalized spacial score (nSPS) is 11.4. The Labute approximate surface area is 177 Å². The largest absolute Gasteiger partial charge is 0.467 e. The van der Waals surface area contributed by atoms with Gasteiger partial charge in [-0.2, -0.15) is 0 Å². The molecule has 2 amide bonds. The van der Waals surface area contributed by atoms with Gasteiger partial charge in [-0.15, -0.1) is 0 Å². The maximum absolute atomic E-state index is 13.2. The number of furan rings is 1. The third-order valence-electron chi connectivity index (χ3n) is 4.99. The predicted molar refractivity (Wildman–Crippen MR) is 121 cm³/mol. The molecule has 2 heterocycles. The van der Waals surface area contributed by atoms with Crippen LogP contribution in [0.5, 0.6) is 0 Å². The zero-order chi connectivity index (χ0) is 21.7. The van der Waals surface area contributed by atoms with E-state index in [0.717, 1.165) is 17.6 Å². The van der Waals surface area contributed by atoms with Gasteiger partial charge in [-0.3, -0.25) is 4.79 Å². The molecule has 3 aromatic rings. The van der Waals surface area contributed by atoms with Gasteiger partial charge in [0.25, 0.3) is 5.56 Å². The van der Waals surface area contributed by atoms with Gasteiger partial charge in [-0.05, 0) is 36.5 Å². The lowest BCUT2D eigenvalue weighted by Gasteiger charge is -2.24. The van der Waals surface area contributed by atoms with Crippen molar-refractivity contribution in [2.24, 2.45) is 11.8 Å². The fourth-order valence-corrected chi connectivity index (χ4v) is 3.42. The molecule has 0 aliphatic carbocycles. The first-order valence-electron chi connectivity index (χ1n) is 10.6. The number of rotatable bonds is 8. The second-order valence-electron chi connectivity index (χ2n) is 8.55. The van der Waals surface area contributed by atoms with Gasteiger partial charge in [0.05, 0.1) is 18.5 Å². The number of anilines is 1. The van der Waals surface area contributed by atoms with Crippen LogP contribution in [0.2, 0.25) is 0 Å². The number of fused-ring (bicyclic) bond motifs is 1. The van der Waals surface area contributed by atoms with E-state index >= 15 is 0 Å². The topological polar surface area (TPSA) is 67.5 Å². The maximum Gasteiger partial charge on any atom is 0.322 e. The number of amides is 2. The summed E-state index contributed by atoms with van der Waals surface area (Å²) in [5, 5.41) is 4.40. The van der Waals surface area contributed by atoms with Crippen molar-refractivity contribution in [2.75, 3.05) is 11.9 Å². The van der Waals surface area contributed by atoms with Gasteiger partial charge in [0.15, 0.2) is 0 Å². The van der Waals surface area contributed by atoms with Crippen LogP contribution in [0.3, 0.4) is 0 Å². The van der Waals surface area contributed by atoms with Gasteiger partial charge in [0.1, 0.15) is 5.76 Å². The first-order valence-corrected chi connectivity index (χ1v) is 10.6. The Morgan fingerprint density at radius 2 is 1.80 bits per heavy atom. The van der Waals surface area contributed by atoms with Crippen molar-refractivity contribution in [1.29, 1.82) is 0 Å². The van der Waals surface area contributed by atoms with Crippen LogP contribution < -0.4 is 10.9 Å². The number of pyridine rings is 1. The van der Waals surface area contributed by atoms with Crippen LogP contribution in [-0.2, 0) is 13.1 Å². The monoisotopic (exact) mass is 409 g/mol. The van der Waals surface area contributed by atoms with Crippen molar-refractivity contribution >= 4 is 22.5 Å². The zero-order valence-corrected chi connectivity index (χ0v) is 18.2. The van der Waals surface area contributed by atoms with E-state index in [2.05, 4.69) is 33.0 Å². The van der Waals surface area contributed by atoms with Gasteiger partial charge in [-0.1, -0.05) is 45.9 Å². The highest BCUT2D eigenvalue weighted by Gasteiger charge is 2.18. The summed E-state index contributed by atoms with van der Waals surface area (Å²) in [6, 6.07) is 10.9. The lowest BCUT2D eigenvalue weighted by molar-refractivity contribution is 0.200. The minimum Gasteiger partial charge on any atom is -0.467 e. The summed E-state index contributed by atoms with van der Waals surface area (Å²) in [6.45, 7) is 10.0. The summed E-state index contributed by atoms with van der Waals surface area (Å²) < 4.78 is 7.14. The summed E-state index contributed by atoms with van der Waals surface area (Å²) in [7, 11) is 0. The minimum atomic E-state index is -0.202.